The fourth-order valence-electron chi connectivity index (χ4n) is 3.42. The quantitative estimate of drug-likeness (QED) is 0.507. The first-order chi connectivity index (χ1) is 13.7. The van der Waals surface area contributed by atoms with E-state index in [1.54, 1.807) is 10.9 Å². The van der Waals surface area contributed by atoms with E-state index in [1.165, 1.54) is 6.33 Å². The Hall–Kier alpha value is -3.94. The van der Waals surface area contributed by atoms with Crippen LogP contribution in [0, 0.1) is 0 Å². The van der Waals surface area contributed by atoms with Gasteiger partial charge in [0.25, 0.3) is 5.56 Å². The summed E-state index contributed by atoms with van der Waals surface area (Å²) in [5, 5.41) is 3.39. The van der Waals surface area contributed by atoms with E-state index in [4.69, 9.17) is 0 Å². The third-order valence-corrected chi connectivity index (χ3v) is 4.76. The Morgan fingerprint density at radius 2 is 1.93 bits per heavy atom. The van der Waals surface area contributed by atoms with Crippen LogP contribution in [0.1, 0.15) is 18.7 Å². The molecule has 138 valence electrons. The number of H-pyrrole nitrogens is 1. The van der Waals surface area contributed by atoms with Gasteiger partial charge in [0.15, 0.2) is 11.5 Å². The third-order valence-electron chi connectivity index (χ3n) is 4.76. The largest absolute Gasteiger partial charge is 0.360 e. The highest BCUT2D eigenvalue weighted by atomic mass is 16.1. The first-order valence-electron chi connectivity index (χ1n) is 8.91. The number of hydrogen-bond acceptors (Lipinski definition) is 5. The van der Waals surface area contributed by atoms with Gasteiger partial charge in [-0.2, -0.15) is 0 Å². The van der Waals surface area contributed by atoms with Gasteiger partial charge in [0.1, 0.15) is 17.4 Å². The van der Waals surface area contributed by atoms with Crippen LogP contribution in [-0.4, -0.2) is 28.9 Å². The van der Waals surface area contributed by atoms with Gasteiger partial charge in [-0.05, 0) is 31.2 Å². The number of nitrogens with one attached hydrogen (secondary N) is 2. The highest BCUT2D eigenvalue weighted by molar-refractivity contribution is 5.82. The molecule has 0 saturated heterocycles. The maximum atomic E-state index is 13.2. The molecule has 0 radical (unpaired) electrons. The van der Waals surface area contributed by atoms with Crippen LogP contribution in [0.25, 0.3) is 22.4 Å². The smallest absolute Gasteiger partial charge is 0.279 e. The van der Waals surface area contributed by atoms with Crippen LogP contribution in [0.2, 0.25) is 0 Å². The highest BCUT2D eigenvalue weighted by Gasteiger charge is 2.18. The van der Waals surface area contributed by atoms with Crippen molar-refractivity contribution in [2.75, 3.05) is 5.32 Å². The molecule has 2 N–H and O–H groups in total. The monoisotopic (exact) mass is 371 g/mol. The van der Waals surface area contributed by atoms with Crippen LogP contribution in [0.5, 0.6) is 0 Å². The van der Waals surface area contributed by atoms with E-state index >= 15 is 0 Å². The van der Waals surface area contributed by atoms with Crippen molar-refractivity contribution in [1.29, 1.82) is 0 Å². The molecule has 1 aromatic carbocycles. The lowest BCUT2D eigenvalue weighted by atomic mass is 10.2. The lowest BCUT2D eigenvalue weighted by Gasteiger charge is -2.21. The Bertz CT molecular complexity index is 1330. The minimum absolute atomic E-state index is 0.0725. The standard InChI is InChI=1S/C20H17N7O/c1-13(25-19-17-18(22-11-21-17)23-12-24-19)16-10-26-9-5-8-15(26)20(28)27(16)14-6-3-2-4-7-14/h2-13H,1H3,(H2,21,22,23,24,25). The van der Waals surface area contributed by atoms with E-state index in [2.05, 4.69) is 25.3 Å². The van der Waals surface area contributed by atoms with Gasteiger partial charge >= 0.3 is 0 Å². The predicted molar refractivity (Wildman–Crippen MR) is 107 cm³/mol. The number of nitrogens with zero attached hydrogens (tertiary/aromatic N) is 5. The Balaban J connectivity index is 1.67. The van der Waals surface area contributed by atoms with Crippen LogP contribution in [0.3, 0.4) is 0 Å². The fraction of sp³-hybridized carbons (Fsp3) is 0.100. The number of fused-ring (bicyclic) bond motifs is 2. The van der Waals surface area contributed by atoms with Gasteiger partial charge in [0.05, 0.1) is 18.1 Å². The minimum atomic E-state index is -0.207. The Morgan fingerprint density at radius 3 is 2.79 bits per heavy atom. The molecule has 0 aliphatic rings. The molecule has 5 aromatic rings. The van der Waals surface area contributed by atoms with Gasteiger partial charge in [-0.15, -0.1) is 0 Å². The predicted octanol–water partition coefficient (Wildman–Crippen LogP) is 2.93. The van der Waals surface area contributed by atoms with E-state index in [-0.39, 0.29) is 11.6 Å². The fourth-order valence-corrected chi connectivity index (χ4v) is 3.42. The molecule has 0 bridgehead atoms. The molecule has 0 fully saturated rings. The maximum Gasteiger partial charge on any atom is 0.279 e. The zero-order chi connectivity index (χ0) is 19.1. The van der Waals surface area contributed by atoms with Crippen LogP contribution < -0.4 is 10.9 Å². The summed E-state index contributed by atoms with van der Waals surface area (Å²) in [4.78, 5) is 28.9. The van der Waals surface area contributed by atoms with Gasteiger partial charge in [-0.1, -0.05) is 18.2 Å². The molecule has 0 amide bonds. The Morgan fingerprint density at radius 1 is 1.07 bits per heavy atom. The first-order valence-corrected chi connectivity index (χ1v) is 8.91. The molecule has 0 saturated carbocycles. The summed E-state index contributed by atoms with van der Waals surface area (Å²) in [6, 6.07) is 13.1. The Kier molecular flexibility index (Phi) is 3.68. The number of benzene rings is 1. The number of anilines is 1. The Labute approximate surface area is 159 Å². The average molecular weight is 371 g/mol. The van der Waals surface area contributed by atoms with Crippen LogP contribution in [0.4, 0.5) is 5.82 Å². The summed E-state index contributed by atoms with van der Waals surface area (Å²) in [6.07, 6.45) is 6.89. The van der Waals surface area contributed by atoms with E-state index in [0.29, 0.717) is 17.0 Å². The number of hydrogen-bond donors (Lipinski definition) is 2. The zero-order valence-electron chi connectivity index (χ0n) is 15.1. The zero-order valence-corrected chi connectivity index (χ0v) is 15.1. The van der Waals surface area contributed by atoms with Crippen molar-refractivity contribution in [2.24, 2.45) is 0 Å². The molecule has 8 nitrogen and oxygen atoms in total. The lowest BCUT2D eigenvalue weighted by Crippen LogP contribution is -2.27. The molecule has 5 rings (SSSR count). The maximum absolute atomic E-state index is 13.2. The summed E-state index contributed by atoms with van der Waals surface area (Å²) >= 11 is 0. The van der Waals surface area contributed by atoms with E-state index < -0.39 is 0 Å². The van der Waals surface area contributed by atoms with Gasteiger partial charge in [0.2, 0.25) is 0 Å². The molecule has 0 aliphatic heterocycles. The van der Waals surface area contributed by atoms with Crippen LogP contribution in [0.15, 0.2) is 72.3 Å². The molecule has 1 atom stereocenters. The summed E-state index contributed by atoms with van der Waals surface area (Å²) in [6.45, 7) is 1.99. The second-order valence-electron chi connectivity index (χ2n) is 6.52. The van der Waals surface area contributed by atoms with Crippen molar-refractivity contribution >= 4 is 22.5 Å². The molecule has 0 spiro atoms. The second-order valence-corrected chi connectivity index (χ2v) is 6.52. The molecule has 8 heteroatoms. The number of imidazole rings is 1. The number of aromatic nitrogens is 6. The SMILES string of the molecule is CC(Nc1ncnc2nc[nH]c12)c1cn2cccc2c(=O)n1-c1ccccc1. The van der Waals surface area contributed by atoms with Crippen LogP contribution >= 0.6 is 0 Å². The highest BCUT2D eigenvalue weighted by Crippen LogP contribution is 2.23. The summed E-state index contributed by atoms with van der Waals surface area (Å²) in [5.41, 5.74) is 3.49. The summed E-state index contributed by atoms with van der Waals surface area (Å²) < 4.78 is 3.58. The van der Waals surface area contributed by atoms with Crippen molar-refractivity contribution < 1.29 is 0 Å². The number of rotatable bonds is 4. The molecule has 1 unspecified atom stereocenters. The molecule has 0 aliphatic carbocycles. The normalized spacial score (nSPS) is 12.5. The average Bonchev–Trinajstić information content (AvgIpc) is 3.38. The molecule has 4 aromatic heterocycles. The molecule has 28 heavy (non-hydrogen) atoms. The molecular weight excluding hydrogens is 354 g/mol. The van der Waals surface area contributed by atoms with Gasteiger partial charge in [-0.25, -0.2) is 15.0 Å². The van der Waals surface area contributed by atoms with Crippen molar-refractivity contribution in [2.45, 2.75) is 13.0 Å². The third kappa shape index (κ3) is 2.54. The first kappa shape index (κ1) is 16.2. The number of para-hydroxylation sites is 1. The van der Waals surface area contributed by atoms with E-state index in [0.717, 1.165) is 16.9 Å². The molecular formula is C20H17N7O. The topological polar surface area (TPSA) is 92.9 Å². The van der Waals surface area contributed by atoms with Crippen molar-refractivity contribution in [3.05, 3.63) is 83.6 Å². The van der Waals surface area contributed by atoms with Crippen molar-refractivity contribution in [3.8, 4) is 5.69 Å². The lowest BCUT2D eigenvalue weighted by molar-refractivity contribution is 0.754. The van der Waals surface area contributed by atoms with E-state index in [9.17, 15) is 4.79 Å². The van der Waals surface area contributed by atoms with Crippen molar-refractivity contribution in [1.82, 2.24) is 28.9 Å². The molecule has 4 heterocycles. The van der Waals surface area contributed by atoms with Gasteiger partial charge in [-0.3, -0.25) is 9.36 Å². The minimum Gasteiger partial charge on any atom is -0.360 e. The summed E-state index contributed by atoms with van der Waals surface area (Å²) in [5.74, 6) is 0.634. The summed E-state index contributed by atoms with van der Waals surface area (Å²) in [7, 11) is 0. The van der Waals surface area contributed by atoms with Crippen LogP contribution in [-0.2, 0) is 0 Å². The van der Waals surface area contributed by atoms with Gasteiger partial charge in [0, 0.05) is 18.1 Å². The van der Waals surface area contributed by atoms with Gasteiger partial charge < -0.3 is 14.7 Å². The van der Waals surface area contributed by atoms with E-state index in [1.807, 2.05) is 66.2 Å². The van der Waals surface area contributed by atoms with Crippen molar-refractivity contribution in [3.63, 3.8) is 0 Å². The second kappa shape index (κ2) is 6.34. The number of aromatic amines is 1.